The standard InChI is InChI=1S/C9H11F2NO/c10-8-2-1-7(5-9(8)11)3-4-12-6-13/h1-2,5,12-13H,3-4,6H2. The maximum atomic E-state index is 12.6. The molecule has 1 rings (SSSR count). The van der Waals surface area contributed by atoms with E-state index in [0.717, 1.165) is 12.1 Å². The highest BCUT2D eigenvalue weighted by Crippen LogP contribution is 2.08. The summed E-state index contributed by atoms with van der Waals surface area (Å²) in [6, 6.07) is 3.79. The lowest BCUT2D eigenvalue weighted by molar-refractivity contribution is 0.262. The Hall–Kier alpha value is -1.00. The van der Waals surface area contributed by atoms with Crippen molar-refractivity contribution in [2.75, 3.05) is 13.3 Å². The smallest absolute Gasteiger partial charge is 0.159 e. The van der Waals surface area contributed by atoms with Crippen molar-refractivity contribution in [2.24, 2.45) is 0 Å². The van der Waals surface area contributed by atoms with Crippen molar-refractivity contribution in [1.29, 1.82) is 0 Å². The minimum absolute atomic E-state index is 0.107. The van der Waals surface area contributed by atoms with Crippen molar-refractivity contribution in [3.05, 3.63) is 35.4 Å². The Morgan fingerprint density at radius 1 is 1.23 bits per heavy atom. The molecule has 0 heterocycles. The third kappa shape index (κ3) is 3.08. The Balaban J connectivity index is 2.53. The largest absolute Gasteiger partial charge is 0.381 e. The van der Waals surface area contributed by atoms with Crippen LogP contribution >= 0.6 is 0 Å². The lowest BCUT2D eigenvalue weighted by atomic mass is 10.1. The molecule has 0 radical (unpaired) electrons. The fourth-order valence-corrected chi connectivity index (χ4v) is 1.01. The van der Waals surface area contributed by atoms with E-state index >= 15 is 0 Å². The van der Waals surface area contributed by atoms with Crippen LogP contribution in [-0.2, 0) is 6.42 Å². The van der Waals surface area contributed by atoms with Crippen molar-refractivity contribution in [3.8, 4) is 0 Å². The van der Waals surface area contributed by atoms with Gasteiger partial charge in [-0.3, -0.25) is 5.32 Å². The second-order valence-corrected chi connectivity index (χ2v) is 2.66. The number of hydrogen-bond donors (Lipinski definition) is 2. The van der Waals surface area contributed by atoms with Crippen LogP contribution in [0.25, 0.3) is 0 Å². The number of nitrogens with one attached hydrogen (secondary N) is 1. The number of benzene rings is 1. The van der Waals surface area contributed by atoms with E-state index in [2.05, 4.69) is 5.32 Å². The van der Waals surface area contributed by atoms with Gasteiger partial charge in [-0.05, 0) is 24.1 Å². The fraction of sp³-hybridized carbons (Fsp3) is 0.333. The molecular weight excluding hydrogens is 176 g/mol. The summed E-state index contributed by atoms with van der Waals surface area (Å²) < 4.78 is 25.1. The Bertz CT molecular complexity index is 278. The first-order valence-corrected chi connectivity index (χ1v) is 3.99. The highest BCUT2D eigenvalue weighted by atomic mass is 19.2. The molecule has 0 fully saturated rings. The van der Waals surface area contributed by atoms with Gasteiger partial charge in [0.15, 0.2) is 11.6 Å². The molecule has 0 spiro atoms. The molecule has 0 amide bonds. The lowest BCUT2D eigenvalue weighted by Gasteiger charge is -2.02. The Morgan fingerprint density at radius 2 is 2.00 bits per heavy atom. The highest BCUT2D eigenvalue weighted by Gasteiger charge is 2.01. The van der Waals surface area contributed by atoms with Gasteiger partial charge in [0.1, 0.15) is 0 Å². The lowest BCUT2D eigenvalue weighted by Crippen LogP contribution is -2.17. The summed E-state index contributed by atoms with van der Waals surface area (Å²) in [6.07, 6.45) is 0.567. The molecule has 0 aromatic heterocycles. The van der Waals surface area contributed by atoms with Gasteiger partial charge < -0.3 is 5.11 Å². The molecule has 1 aromatic carbocycles. The quantitative estimate of drug-likeness (QED) is 0.545. The van der Waals surface area contributed by atoms with E-state index in [1.54, 1.807) is 0 Å². The zero-order valence-corrected chi connectivity index (χ0v) is 7.06. The Morgan fingerprint density at radius 3 is 2.62 bits per heavy atom. The second-order valence-electron chi connectivity index (χ2n) is 2.66. The van der Waals surface area contributed by atoms with Gasteiger partial charge in [-0.1, -0.05) is 6.07 Å². The first kappa shape index (κ1) is 10.1. The summed E-state index contributed by atoms with van der Waals surface area (Å²) in [5.41, 5.74) is 0.708. The molecule has 72 valence electrons. The van der Waals surface area contributed by atoms with Crippen LogP contribution in [0.4, 0.5) is 8.78 Å². The second kappa shape index (κ2) is 4.89. The maximum absolute atomic E-state index is 12.6. The number of rotatable bonds is 4. The molecule has 0 bridgehead atoms. The summed E-state index contributed by atoms with van der Waals surface area (Å²) in [5.74, 6) is -1.67. The predicted octanol–water partition coefficient (Wildman–Crippen LogP) is 1.05. The van der Waals surface area contributed by atoms with Crippen LogP contribution in [0, 0.1) is 11.6 Å². The van der Waals surface area contributed by atoms with Gasteiger partial charge in [0.05, 0.1) is 6.73 Å². The predicted molar refractivity (Wildman–Crippen MR) is 45.2 cm³/mol. The number of halogens is 2. The topological polar surface area (TPSA) is 32.3 Å². The molecular formula is C9H11F2NO. The molecule has 0 atom stereocenters. The maximum Gasteiger partial charge on any atom is 0.159 e. The van der Waals surface area contributed by atoms with E-state index in [-0.39, 0.29) is 6.73 Å². The summed E-state index contributed by atoms with van der Waals surface area (Å²) >= 11 is 0. The van der Waals surface area contributed by atoms with Crippen molar-refractivity contribution in [3.63, 3.8) is 0 Å². The zero-order valence-electron chi connectivity index (χ0n) is 7.06. The SMILES string of the molecule is OCNCCc1ccc(F)c(F)c1. The molecule has 1 aromatic rings. The van der Waals surface area contributed by atoms with E-state index in [0.29, 0.717) is 18.5 Å². The average molecular weight is 187 g/mol. The van der Waals surface area contributed by atoms with E-state index in [1.165, 1.54) is 6.07 Å². The minimum atomic E-state index is -0.834. The van der Waals surface area contributed by atoms with Crippen molar-refractivity contribution in [1.82, 2.24) is 5.32 Å². The van der Waals surface area contributed by atoms with E-state index in [9.17, 15) is 8.78 Å². The van der Waals surface area contributed by atoms with Gasteiger partial charge in [-0.15, -0.1) is 0 Å². The molecule has 0 unspecified atom stereocenters. The molecule has 0 aliphatic rings. The van der Waals surface area contributed by atoms with Gasteiger partial charge in [0.25, 0.3) is 0 Å². The van der Waals surface area contributed by atoms with Crippen LogP contribution in [0.5, 0.6) is 0 Å². The van der Waals surface area contributed by atoms with E-state index < -0.39 is 11.6 Å². The highest BCUT2D eigenvalue weighted by molar-refractivity contribution is 5.17. The summed E-state index contributed by atoms with van der Waals surface area (Å²) in [5, 5.41) is 11.1. The molecule has 2 nitrogen and oxygen atoms in total. The number of hydrogen-bond acceptors (Lipinski definition) is 2. The molecule has 4 heteroatoms. The van der Waals surface area contributed by atoms with Gasteiger partial charge in [-0.25, -0.2) is 8.78 Å². The van der Waals surface area contributed by atoms with Crippen LogP contribution in [0.3, 0.4) is 0 Å². The summed E-state index contributed by atoms with van der Waals surface area (Å²) in [6.45, 7) is 0.436. The van der Waals surface area contributed by atoms with Crippen LogP contribution in [-0.4, -0.2) is 18.4 Å². The van der Waals surface area contributed by atoms with E-state index in [4.69, 9.17) is 5.11 Å². The zero-order chi connectivity index (χ0) is 9.68. The monoisotopic (exact) mass is 187 g/mol. The van der Waals surface area contributed by atoms with Gasteiger partial charge in [0, 0.05) is 6.54 Å². The summed E-state index contributed by atoms with van der Waals surface area (Å²) in [4.78, 5) is 0. The van der Waals surface area contributed by atoms with Crippen LogP contribution in [0.1, 0.15) is 5.56 Å². The van der Waals surface area contributed by atoms with Gasteiger partial charge in [-0.2, -0.15) is 0 Å². The minimum Gasteiger partial charge on any atom is -0.381 e. The summed E-state index contributed by atoms with van der Waals surface area (Å²) in [7, 11) is 0. The first-order chi connectivity index (χ1) is 6.24. The van der Waals surface area contributed by atoms with Gasteiger partial charge in [0.2, 0.25) is 0 Å². The van der Waals surface area contributed by atoms with Crippen LogP contribution < -0.4 is 5.32 Å². The number of aliphatic hydroxyl groups excluding tert-OH is 1. The molecule has 0 aliphatic carbocycles. The Labute approximate surface area is 75.2 Å². The third-order valence-corrected chi connectivity index (χ3v) is 1.69. The molecule has 2 N–H and O–H groups in total. The molecule has 0 aliphatic heterocycles. The first-order valence-electron chi connectivity index (χ1n) is 3.99. The van der Waals surface area contributed by atoms with Crippen molar-refractivity contribution in [2.45, 2.75) is 6.42 Å². The van der Waals surface area contributed by atoms with Crippen molar-refractivity contribution < 1.29 is 13.9 Å². The molecule has 13 heavy (non-hydrogen) atoms. The average Bonchev–Trinajstić information content (AvgIpc) is 2.12. The van der Waals surface area contributed by atoms with Crippen LogP contribution in [0.2, 0.25) is 0 Å². The fourth-order valence-electron chi connectivity index (χ4n) is 1.01. The third-order valence-electron chi connectivity index (χ3n) is 1.69. The van der Waals surface area contributed by atoms with Crippen molar-refractivity contribution >= 4 is 0 Å². The Kier molecular flexibility index (Phi) is 3.79. The normalized spacial score (nSPS) is 10.4. The van der Waals surface area contributed by atoms with Crippen LogP contribution in [0.15, 0.2) is 18.2 Å². The van der Waals surface area contributed by atoms with E-state index in [1.807, 2.05) is 0 Å². The van der Waals surface area contributed by atoms with Gasteiger partial charge >= 0.3 is 0 Å². The molecule has 0 saturated carbocycles. The number of aliphatic hydroxyl groups is 1. The molecule has 0 saturated heterocycles.